The molecule has 0 fully saturated rings. The normalized spacial score (nSPS) is 12.2. The average molecular weight is 312 g/mol. The van der Waals surface area contributed by atoms with Crippen molar-refractivity contribution in [2.24, 2.45) is 0 Å². The molecule has 1 nitrogen and oxygen atoms in total. The van der Waals surface area contributed by atoms with Gasteiger partial charge in [-0.2, -0.15) is 0 Å². The molecular formula is C16H16Cl2FN. The number of benzene rings is 2. The van der Waals surface area contributed by atoms with Gasteiger partial charge in [0, 0.05) is 23.6 Å². The first-order chi connectivity index (χ1) is 9.52. The molecule has 0 saturated heterocycles. The summed E-state index contributed by atoms with van der Waals surface area (Å²) in [4.78, 5) is 2.07. The van der Waals surface area contributed by atoms with Crippen molar-refractivity contribution in [2.45, 2.75) is 18.8 Å². The van der Waals surface area contributed by atoms with Gasteiger partial charge in [0.25, 0.3) is 0 Å². The summed E-state index contributed by atoms with van der Waals surface area (Å²) in [6.45, 7) is 2.08. The van der Waals surface area contributed by atoms with E-state index in [1.807, 2.05) is 31.3 Å². The molecule has 106 valence electrons. The fourth-order valence-electron chi connectivity index (χ4n) is 2.20. The molecule has 0 spiro atoms. The standard InChI is InChI=1S/C16H16Cl2FN/c1-11(12-4-3-5-14(18)8-12)20(2)16-7-6-15(19)9-13(16)10-17/h3-9,11H,10H2,1-2H3. The molecule has 0 N–H and O–H groups in total. The lowest BCUT2D eigenvalue weighted by Crippen LogP contribution is -2.22. The van der Waals surface area contributed by atoms with Crippen molar-refractivity contribution >= 4 is 28.9 Å². The minimum absolute atomic E-state index is 0.112. The van der Waals surface area contributed by atoms with E-state index in [0.717, 1.165) is 16.8 Å². The maximum atomic E-state index is 13.3. The predicted octanol–water partition coefficient (Wildman–Crippen LogP) is 5.42. The molecule has 20 heavy (non-hydrogen) atoms. The van der Waals surface area contributed by atoms with Gasteiger partial charge in [0.15, 0.2) is 0 Å². The van der Waals surface area contributed by atoms with Gasteiger partial charge < -0.3 is 4.90 Å². The summed E-state index contributed by atoms with van der Waals surface area (Å²) in [7, 11) is 1.97. The zero-order chi connectivity index (χ0) is 14.7. The third-order valence-electron chi connectivity index (χ3n) is 3.48. The second-order valence-electron chi connectivity index (χ2n) is 4.75. The van der Waals surface area contributed by atoms with Crippen LogP contribution >= 0.6 is 23.2 Å². The van der Waals surface area contributed by atoms with Crippen LogP contribution in [0.3, 0.4) is 0 Å². The summed E-state index contributed by atoms with van der Waals surface area (Å²) in [5, 5.41) is 0.708. The Morgan fingerprint density at radius 1 is 1.20 bits per heavy atom. The van der Waals surface area contributed by atoms with E-state index in [1.165, 1.54) is 12.1 Å². The summed E-state index contributed by atoms with van der Waals surface area (Å²) >= 11 is 11.9. The molecule has 1 atom stereocenters. The number of alkyl halides is 1. The number of hydrogen-bond acceptors (Lipinski definition) is 1. The van der Waals surface area contributed by atoms with Crippen molar-refractivity contribution in [3.05, 3.63) is 64.4 Å². The lowest BCUT2D eigenvalue weighted by molar-refractivity contribution is 0.625. The smallest absolute Gasteiger partial charge is 0.123 e. The molecule has 0 radical (unpaired) electrons. The third-order valence-corrected chi connectivity index (χ3v) is 4.00. The highest BCUT2D eigenvalue weighted by atomic mass is 35.5. The summed E-state index contributed by atoms with van der Waals surface area (Å²) in [5.74, 6) is 0.00730. The Kier molecular flexibility index (Phi) is 4.90. The maximum Gasteiger partial charge on any atom is 0.123 e. The number of hydrogen-bond donors (Lipinski definition) is 0. The number of nitrogens with zero attached hydrogens (tertiary/aromatic N) is 1. The summed E-state index contributed by atoms with van der Waals surface area (Å²) in [6, 6.07) is 12.5. The van der Waals surface area contributed by atoms with Crippen LogP contribution < -0.4 is 4.90 Å². The van der Waals surface area contributed by atoms with Gasteiger partial charge in [0.2, 0.25) is 0 Å². The minimum atomic E-state index is -0.270. The number of anilines is 1. The lowest BCUT2D eigenvalue weighted by Gasteiger charge is -2.29. The number of rotatable bonds is 4. The molecule has 0 bridgehead atoms. The highest BCUT2D eigenvalue weighted by molar-refractivity contribution is 6.30. The molecule has 0 aromatic heterocycles. The van der Waals surface area contributed by atoms with Crippen molar-refractivity contribution in [1.29, 1.82) is 0 Å². The van der Waals surface area contributed by atoms with Gasteiger partial charge in [-0.1, -0.05) is 23.7 Å². The average Bonchev–Trinajstić information content (AvgIpc) is 2.45. The molecular weight excluding hydrogens is 296 g/mol. The fraction of sp³-hybridized carbons (Fsp3) is 0.250. The van der Waals surface area contributed by atoms with Crippen LogP contribution in [0.1, 0.15) is 24.1 Å². The quantitative estimate of drug-likeness (QED) is 0.682. The molecule has 2 aromatic carbocycles. The molecule has 0 heterocycles. The van der Waals surface area contributed by atoms with Gasteiger partial charge >= 0.3 is 0 Å². The van der Waals surface area contributed by atoms with Crippen LogP contribution in [-0.4, -0.2) is 7.05 Å². The van der Waals surface area contributed by atoms with Gasteiger partial charge in [-0.25, -0.2) is 4.39 Å². The largest absolute Gasteiger partial charge is 0.368 e. The highest BCUT2D eigenvalue weighted by Crippen LogP contribution is 2.30. The first-order valence-electron chi connectivity index (χ1n) is 6.35. The SMILES string of the molecule is CC(c1cccc(Cl)c1)N(C)c1ccc(F)cc1CCl. The van der Waals surface area contributed by atoms with Crippen molar-refractivity contribution in [2.75, 3.05) is 11.9 Å². The van der Waals surface area contributed by atoms with Gasteiger partial charge in [-0.3, -0.25) is 0 Å². The van der Waals surface area contributed by atoms with E-state index in [1.54, 1.807) is 6.07 Å². The second-order valence-corrected chi connectivity index (χ2v) is 5.45. The number of halogens is 3. The Bertz CT molecular complexity index is 601. The zero-order valence-corrected chi connectivity index (χ0v) is 12.9. The highest BCUT2D eigenvalue weighted by Gasteiger charge is 2.15. The Balaban J connectivity index is 2.33. The van der Waals surface area contributed by atoms with Gasteiger partial charge in [0.1, 0.15) is 5.82 Å². The first-order valence-corrected chi connectivity index (χ1v) is 7.27. The monoisotopic (exact) mass is 311 g/mol. The van der Waals surface area contributed by atoms with Crippen LogP contribution in [0.25, 0.3) is 0 Å². The molecule has 0 saturated carbocycles. The van der Waals surface area contributed by atoms with Crippen LogP contribution in [0.4, 0.5) is 10.1 Å². The van der Waals surface area contributed by atoms with Gasteiger partial charge in [-0.05, 0) is 48.4 Å². The molecule has 0 aliphatic carbocycles. The molecule has 0 amide bonds. The Morgan fingerprint density at radius 2 is 1.95 bits per heavy atom. The lowest BCUT2D eigenvalue weighted by atomic mass is 10.1. The van der Waals surface area contributed by atoms with Crippen LogP contribution in [0, 0.1) is 5.82 Å². The Labute approximate surface area is 128 Å². The predicted molar refractivity (Wildman–Crippen MR) is 84.2 cm³/mol. The Hall–Kier alpha value is -1.25. The van der Waals surface area contributed by atoms with Crippen LogP contribution in [-0.2, 0) is 5.88 Å². The van der Waals surface area contributed by atoms with E-state index in [9.17, 15) is 4.39 Å². The molecule has 4 heteroatoms. The van der Waals surface area contributed by atoms with E-state index < -0.39 is 0 Å². The van der Waals surface area contributed by atoms with Crippen LogP contribution in [0.15, 0.2) is 42.5 Å². The molecule has 1 unspecified atom stereocenters. The van der Waals surface area contributed by atoms with Gasteiger partial charge in [0.05, 0.1) is 6.04 Å². The van der Waals surface area contributed by atoms with Crippen LogP contribution in [0.5, 0.6) is 0 Å². The van der Waals surface area contributed by atoms with E-state index in [0.29, 0.717) is 5.02 Å². The van der Waals surface area contributed by atoms with Gasteiger partial charge in [-0.15, -0.1) is 11.6 Å². The van der Waals surface area contributed by atoms with Crippen molar-refractivity contribution in [3.8, 4) is 0 Å². The van der Waals surface area contributed by atoms with Crippen molar-refractivity contribution < 1.29 is 4.39 Å². The van der Waals surface area contributed by atoms with E-state index in [2.05, 4.69) is 11.8 Å². The van der Waals surface area contributed by atoms with Crippen molar-refractivity contribution in [3.63, 3.8) is 0 Å². The van der Waals surface area contributed by atoms with E-state index >= 15 is 0 Å². The second kappa shape index (κ2) is 6.47. The molecule has 2 rings (SSSR count). The maximum absolute atomic E-state index is 13.3. The third kappa shape index (κ3) is 3.25. The van der Waals surface area contributed by atoms with E-state index in [4.69, 9.17) is 23.2 Å². The van der Waals surface area contributed by atoms with Crippen LogP contribution in [0.2, 0.25) is 5.02 Å². The molecule has 0 aliphatic heterocycles. The summed E-state index contributed by atoms with van der Waals surface area (Å²) in [5.41, 5.74) is 2.81. The zero-order valence-electron chi connectivity index (χ0n) is 11.4. The van der Waals surface area contributed by atoms with Crippen molar-refractivity contribution in [1.82, 2.24) is 0 Å². The fourth-order valence-corrected chi connectivity index (χ4v) is 2.62. The summed E-state index contributed by atoms with van der Waals surface area (Å²) in [6.07, 6.45) is 0. The molecule has 0 aliphatic rings. The Morgan fingerprint density at radius 3 is 2.60 bits per heavy atom. The topological polar surface area (TPSA) is 3.24 Å². The van der Waals surface area contributed by atoms with E-state index in [-0.39, 0.29) is 17.7 Å². The first kappa shape index (κ1) is 15.1. The molecule has 2 aromatic rings. The summed E-state index contributed by atoms with van der Waals surface area (Å²) < 4.78 is 13.3. The minimum Gasteiger partial charge on any atom is -0.368 e.